The minimum Gasteiger partial charge on any atom is -0.0802 e. The SMILES string of the molecule is CC(C)(C)c1ccc2c(c1)-c1cc(C(C)(C)C)ccc1C2C1C2=C(CC=C2)C2CCCC21. The molecule has 3 unspecified atom stereocenters. The monoisotopic (exact) mass is 422 g/mol. The molecule has 0 bridgehead atoms. The minimum absolute atomic E-state index is 0.169. The third-order valence-corrected chi connectivity index (χ3v) is 9.00. The average Bonchev–Trinajstić information content (AvgIpc) is 3.47. The van der Waals surface area contributed by atoms with E-state index in [2.05, 4.69) is 90.1 Å². The van der Waals surface area contributed by atoms with Crippen LogP contribution in [0.4, 0.5) is 0 Å². The third kappa shape index (κ3) is 2.87. The molecule has 6 rings (SSSR count). The molecule has 0 nitrogen and oxygen atoms in total. The zero-order chi connectivity index (χ0) is 22.4. The van der Waals surface area contributed by atoms with Gasteiger partial charge in [-0.1, -0.05) is 102 Å². The maximum Gasteiger partial charge on any atom is 0.0173 e. The molecule has 2 aromatic carbocycles. The van der Waals surface area contributed by atoms with Crippen molar-refractivity contribution in [2.75, 3.05) is 0 Å². The predicted octanol–water partition coefficient (Wildman–Crippen LogP) is 8.70. The Hall–Kier alpha value is -2.08. The van der Waals surface area contributed by atoms with E-state index in [1.54, 1.807) is 22.3 Å². The maximum atomic E-state index is 2.53. The summed E-state index contributed by atoms with van der Waals surface area (Å²) in [7, 11) is 0. The highest BCUT2D eigenvalue weighted by Crippen LogP contribution is 2.62. The van der Waals surface area contributed by atoms with Gasteiger partial charge in [-0.3, -0.25) is 0 Å². The second-order valence-corrected chi connectivity index (χ2v) is 12.9. The van der Waals surface area contributed by atoms with Crippen LogP contribution in [-0.4, -0.2) is 0 Å². The van der Waals surface area contributed by atoms with Gasteiger partial charge in [-0.15, -0.1) is 0 Å². The number of hydrogen-bond donors (Lipinski definition) is 0. The fraction of sp³-hybridized carbons (Fsp3) is 0.500. The maximum absolute atomic E-state index is 2.53. The first-order chi connectivity index (χ1) is 15.1. The Kier molecular flexibility index (Phi) is 4.31. The van der Waals surface area contributed by atoms with Crippen LogP contribution in [0.25, 0.3) is 11.1 Å². The molecular weight excluding hydrogens is 384 g/mol. The summed E-state index contributed by atoms with van der Waals surface area (Å²) in [5.41, 5.74) is 12.9. The van der Waals surface area contributed by atoms with E-state index in [0.717, 1.165) is 11.8 Å². The van der Waals surface area contributed by atoms with Gasteiger partial charge in [0.15, 0.2) is 0 Å². The molecule has 3 atom stereocenters. The summed E-state index contributed by atoms with van der Waals surface area (Å²) in [4.78, 5) is 0. The molecule has 0 radical (unpaired) electrons. The third-order valence-electron chi connectivity index (χ3n) is 9.00. The standard InChI is InChI=1S/C32H38/c1-31(2,3)19-13-15-25-27(17-19)28-18-20(32(4,5)6)14-16-26(28)30(25)29-23-11-7-9-21(23)22-10-8-12-24(22)29/h7,11,13-18,22,24,29-30H,8-10,12H2,1-6H3. The van der Waals surface area contributed by atoms with Crippen LogP contribution in [0.2, 0.25) is 0 Å². The molecule has 0 heteroatoms. The Balaban J connectivity index is 1.56. The molecule has 4 aliphatic rings. The largest absolute Gasteiger partial charge is 0.0802 e. The van der Waals surface area contributed by atoms with Crippen molar-refractivity contribution in [3.05, 3.63) is 82.0 Å². The second-order valence-electron chi connectivity index (χ2n) is 12.9. The van der Waals surface area contributed by atoms with Crippen LogP contribution >= 0.6 is 0 Å². The molecule has 32 heavy (non-hydrogen) atoms. The Morgan fingerprint density at radius 1 is 0.750 bits per heavy atom. The number of fused-ring (bicyclic) bond motifs is 5. The van der Waals surface area contributed by atoms with Crippen LogP contribution in [0.1, 0.15) is 95.4 Å². The summed E-state index contributed by atoms with van der Waals surface area (Å²) in [6.07, 6.45) is 10.4. The lowest BCUT2D eigenvalue weighted by Gasteiger charge is -2.30. The van der Waals surface area contributed by atoms with E-state index in [4.69, 9.17) is 0 Å². The van der Waals surface area contributed by atoms with Crippen LogP contribution in [-0.2, 0) is 10.8 Å². The molecule has 0 N–H and O–H groups in total. The van der Waals surface area contributed by atoms with E-state index in [-0.39, 0.29) is 10.8 Å². The van der Waals surface area contributed by atoms with Gasteiger partial charge in [-0.05, 0) is 86.8 Å². The molecule has 0 aliphatic heterocycles. The summed E-state index contributed by atoms with van der Waals surface area (Å²) < 4.78 is 0. The van der Waals surface area contributed by atoms with Gasteiger partial charge in [0.1, 0.15) is 0 Å². The van der Waals surface area contributed by atoms with Crippen molar-refractivity contribution in [3.63, 3.8) is 0 Å². The summed E-state index contributed by atoms with van der Waals surface area (Å²) in [5, 5.41) is 0. The zero-order valence-electron chi connectivity index (χ0n) is 20.8. The quantitative estimate of drug-likeness (QED) is 0.431. The first kappa shape index (κ1) is 20.5. The van der Waals surface area contributed by atoms with Gasteiger partial charge in [-0.25, -0.2) is 0 Å². The molecule has 1 saturated carbocycles. The second kappa shape index (κ2) is 6.72. The van der Waals surface area contributed by atoms with Gasteiger partial charge in [0, 0.05) is 5.92 Å². The summed E-state index contributed by atoms with van der Waals surface area (Å²) >= 11 is 0. The highest BCUT2D eigenvalue weighted by atomic mass is 14.5. The van der Waals surface area contributed by atoms with Crippen molar-refractivity contribution in [1.29, 1.82) is 0 Å². The zero-order valence-corrected chi connectivity index (χ0v) is 20.8. The average molecular weight is 423 g/mol. The lowest BCUT2D eigenvalue weighted by atomic mass is 9.73. The van der Waals surface area contributed by atoms with E-state index in [0.29, 0.717) is 11.8 Å². The highest BCUT2D eigenvalue weighted by molar-refractivity contribution is 5.81. The van der Waals surface area contributed by atoms with Crippen molar-refractivity contribution in [2.45, 2.75) is 84.0 Å². The van der Waals surface area contributed by atoms with Gasteiger partial charge in [0.2, 0.25) is 0 Å². The lowest BCUT2D eigenvalue weighted by molar-refractivity contribution is 0.339. The lowest BCUT2D eigenvalue weighted by Crippen LogP contribution is -2.21. The Labute approximate surface area is 194 Å². The van der Waals surface area contributed by atoms with Crippen molar-refractivity contribution in [1.82, 2.24) is 0 Å². The van der Waals surface area contributed by atoms with Gasteiger partial charge in [0.25, 0.3) is 0 Å². The number of rotatable bonds is 1. The first-order valence-corrected chi connectivity index (χ1v) is 12.8. The van der Waals surface area contributed by atoms with Crippen molar-refractivity contribution < 1.29 is 0 Å². The number of hydrogen-bond acceptors (Lipinski definition) is 0. The van der Waals surface area contributed by atoms with Crippen molar-refractivity contribution in [3.8, 4) is 11.1 Å². The van der Waals surface area contributed by atoms with E-state index < -0.39 is 0 Å². The number of benzene rings is 2. The van der Waals surface area contributed by atoms with Crippen molar-refractivity contribution in [2.24, 2.45) is 17.8 Å². The molecule has 0 amide bonds. The smallest absolute Gasteiger partial charge is 0.0173 e. The van der Waals surface area contributed by atoms with E-state index in [1.165, 1.54) is 47.9 Å². The molecule has 2 aromatic rings. The van der Waals surface area contributed by atoms with Crippen LogP contribution in [0.3, 0.4) is 0 Å². The molecule has 1 fully saturated rings. The molecule has 0 spiro atoms. The van der Waals surface area contributed by atoms with Crippen LogP contribution in [0, 0.1) is 17.8 Å². The van der Waals surface area contributed by atoms with E-state index in [9.17, 15) is 0 Å². The molecule has 166 valence electrons. The van der Waals surface area contributed by atoms with Crippen LogP contribution in [0.15, 0.2) is 59.7 Å². The van der Waals surface area contributed by atoms with E-state index in [1.807, 2.05) is 0 Å². The molecule has 0 aromatic heterocycles. The van der Waals surface area contributed by atoms with Gasteiger partial charge in [-0.2, -0.15) is 0 Å². The minimum atomic E-state index is 0.169. The summed E-state index contributed by atoms with van der Waals surface area (Å²) in [5.74, 6) is 2.87. The van der Waals surface area contributed by atoms with Crippen LogP contribution < -0.4 is 0 Å². The topological polar surface area (TPSA) is 0 Å². The van der Waals surface area contributed by atoms with Gasteiger partial charge >= 0.3 is 0 Å². The number of allylic oxidation sites excluding steroid dienone is 4. The predicted molar refractivity (Wildman–Crippen MR) is 136 cm³/mol. The Morgan fingerprint density at radius 3 is 1.91 bits per heavy atom. The molecular formula is C32H38. The highest BCUT2D eigenvalue weighted by Gasteiger charge is 2.50. The first-order valence-electron chi connectivity index (χ1n) is 12.8. The van der Waals surface area contributed by atoms with Gasteiger partial charge < -0.3 is 0 Å². The summed E-state index contributed by atoms with van der Waals surface area (Å²) in [6, 6.07) is 14.9. The fourth-order valence-corrected chi connectivity index (χ4v) is 7.35. The normalized spacial score (nSPS) is 26.5. The fourth-order valence-electron chi connectivity index (χ4n) is 7.35. The molecule has 0 saturated heterocycles. The van der Waals surface area contributed by atoms with Crippen LogP contribution in [0.5, 0.6) is 0 Å². The molecule has 0 heterocycles. The Bertz CT molecular complexity index is 1090. The van der Waals surface area contributed by atoms with E-state index >= 15 is 0 Å². The van der Waals surface area contributed by atoms with Gasteiger partial charge in [0.05, 0.1) is 0 Å². The van der Waals surface area contributed by atoms with Crippen molar-refractivity contribution >= 4 is 0 Å². The summed E-state index contributed by atoms with van der Waals surface area (Å²) in [6.45, 7) is 14.0. The Morgan fingerprint density at radius 2 is 1.34 bits per heavy atom. The molecule has 4 aliphatic carbocycles.